The van der Waals surface area contributed by atoms with Crippen LogP contribution in [-0.4, -0.2) is 5.55 Å². The molecule has 0 spiro atoms. The average Bonchev–Trinajstić information content (AvgIpc) is 1.89. The quantitative estimate of drug-likeness (QED) is 0.475. The molecule has 0 bridgehead atoms. The topological polar surface area (TPSA) is 23.9 Å². The minimum Gasteiger partial charge on any atom is -0.302 e. The van der Waals surface area contributed by atoms with E-state index in [9.17, 15) is 0 Å². The van der Waals surface area contributed by atoms with Crippen molar-refractivity contribution in [3.05, 3.63) is 11.5 Å². The van der Waals surface area contributed by atoms with Crippen molar-refractivity contribution < 1.29 is 0 Å². The molecule has 2 heteroatoms. The lowest BCUT2D eigenvalue weighted by Gasteiger charge is -1.96. The second-order valence-corrected chi connectivity index (χ2v) is 2.75. The molecule has 9 heavy (non-hydrogen) atoms. The molecular formula is C7H13NS. The summed E-state index contributed by atoms with van der Waals surface area (Å²) in [7, 11) is 0. The van der Waals surface area contributed by atoms with Gasteiger partial charge in [-0.25, -0.2) is 0 Å². The molecule has 0 aromatic carbocycles. The van der Waals surface area contributed by atoms with E-state index >= 15 is 0 Å². The summed E-state index contributed by atoms with van der Waals surface area (Å²) in [4.78, 5) is 0. The molecule has 0 amide bonds. The molecule has 0 fully saturated rings. The van der Waals surface area contributed by atoms with E-state index in [1.54, 1.807) is 0 Å². The first kappa shape index (κ1) is 8.76. The van der Waals surface area contributed by atoms with Gasteiger partial charge in [-0.15, -0.1) is 0 Å². The van der Waals surface area contributed by atoms with Crippen molar-refractivity contribution in [2.45, 2.75) is 20.3 Å². The summed E-state index contributed by atoms with van der Waals surface area (Å²) >= 11 is 1.41. The van der Waals surface area contributed by atoms with Gasteiger partial charge >= 0.3 is 0 Å². The minimum atomic E-state index is 0.650. The number of allylic oxidation sites excluding steroid dienone is 1. The van der Waals surface area contributed by atoms with Gasteiger partial charge in [-0.1, -0.05) is 38.1 Å². The summed E-state index contributed by atoms with van der Waals surface area (Å²) < 4.78 is 0. The largest absolute Gasteiger partial charge is 0.302 e. The van der Waals surface area contributed by atoms with Gasteiger partial charge in [0.25, 0.3) is 0 Å². The number of hydrogen-bond acceptors (Lipinski definition) is 2. The molecular weight excluding hydrogens is 130 g/mol. The highest BCUT2D eigenvalue weighted by atomic mass is 32.2. The highest BCUT2D eigenvalue weighted by Gasteiger charge is 1.87. The van der Waals surface area contributed by atoms with Gasteiger partial charge < -0.3 is 5.41 Å². The molecule has 1 N–H and O–H groups in total. The van der Waals surface area contributed by atoms with Gasteiger partial charge in [-0.3, -0.25) is 0 Å². The SMILES string of the molecule is CCC(C)/C=C\SC=N. The fourth-order valence-electron chi connectivity index (χ4n) is 0.355. The van der Waals surface area contributed by atoms with Crippen LogP contribution < -0.4 is 0 Å². The van der Waals surface area contributed by atoms with Crippen LogP contribution in [0.25, 0.3) is 0 Å². The van der Waals surface area contributed by atoms with Gasteiger partial charge in [0.1, 0.15) is 0 Å². The lowest BCUT2D eigenvalue weighted by Crippen LogP contribution is -1.82. The molecule has 0 aliphatic carbocycles. The molecule has 52 valence electrons. The van der Waals surface area contributed by atoms with E-state index in [0.29, 0.717) is 5.92 Å². The van der Waals surface area contributed by atoms with Crippen molar-refractivity contribution in [3.63, 3.8) is 0 Å². The minimum absolute atomic E-state index is 0.650. The number of thioether (sulfide) groups is 1. The van der Waals surface area contributed by atoms with Crippen molar-refractivity contribution in [2.24, 2.45) is 5.92 Å². The maximum absolute atomic E-state index is 6.69. The summed E-state index contributed by atoms with van der Waals surface area (Å²) in [6.45, 7) is 4.32. The van der Waals surface area contributed by atoms with Crippen LogP contribution in [0.2, 0.25) is 0 Å². The monoisotopic (exact) mass is 143 g/mol. The van der Waals surface area contributed by atoms with Gasteiger partial charge in [0.2, 0.25) is 0 Å². The fourth-order valence-corrected chi connectivity index (χ4v) is 0.792. The molecule has 1 atom stereocenters. The molecule has 0 aromatic rings. The Bertz CT molecular complexity index is 99.1. The third-order valence-corrected chi connectivity index (χ3v) is 1.65. The second-order valence-electron chi connectivity index (χ2n) is 1.97. The maximum Gasteiger partial charge on any atom is 0.0548 e. The van der Waals surface area contributed by atoms with E-state index in [2.05, 4.69) is 19.9 Å². The van der Waals surface area contributed by atoms with Crippen LogP contribution in [0.1, 0.15) is 20.3 Å². The summed E-state index contributed by atoms with van der Waals surface area (Å²) in [5.41, 5.74) is 1.33. The summed E-state index contributed by atoms with van der Waals surface area (Å²) in [5.74, 6) is 0.650. The second kappa shape index (κ2) is 5.89. The Kier molecular flexibility index (Phi) is 5.73. The Hall–Kier alpha value is -0.240. The number of rotatable bonds is 4. The van der Waals surface area contributed by atoms with Crippen molar-refractivity contribution >= 4 is 17.3 Å². The Labute approximate surface area is 61.0 Å². The van der Waals surface area contributed by atoms with E-state index in [-0.39, 0.29) is 0 Å². The molecule has 1 unspecified atom stereocenters. The van der Waals surface area contributed by atoms with Crippen LogP contribution in [-0.2, 0) is 0 Å². The van der Waals surface area contributed by atoms with Crippen molar-refractivity contribution in [2.75, 3.05) is 0 Å². The zero-order valence-corrected chi connectivity index (χ0v) is 6.74. The molecule has 0 heterocycles. The molecule has 0 saturated heterocycles. The zero-order chi connectivity index (χ0) is 7.11. The molecule has 0 aliphatic rings. The van der Waals surface area contributed by atoms with Crippen LogP contribution in [0.15, 0.2) is 11.5 Å². The van der Waals surface area contributed by atoms with Crippen molar-refractivity contribution in [1.29, 1.82) is 5.41 Å². The molecule has 0 saturated carbocycles. The van der Waals surface area contributed by atoms with Crippen LogP contribution in [0.3, 0.4) is 0 Å². The van der Waals surface area contributed by atoms with E-state index in [1.807, 2.05) is 5.41 Å². The molecule has 0 aromatic heterocycles. The lowest BCUT2D eigenvalue weighted by molar-refractivity contribution is 0.699. The van der Waals surface area contributed by atoms with Crippen LogP contribution in [0.5, 0.6) is 0 Å². The number of nitrogens with one attached hydrogen (secondary N) is 1. The smallest absolute Gasteiger partial charge is 0.0548 e. The Morgan fingerprint density at radius 3 is 2.78 bits per heavy atom. The van der Waals surface area contributed by atoms with Crippen LogP contribution >= 0.6 is 11.8 Å². The molecule has 1 nitrogen and oxygen atoms in total. The molecule has 0 aliphatic heterocycles. The highest BCUT2D eigenvalue weighted by Crippen LogP contribution is 2.05. The van der Waals surface area contributed by atoms with Gasteiger partial charge in [-0.2, -0.15) is 0 Å². The number of hydrogen-bond donors (Lipinski definition) is 1. The predicted octanol–water partition coefficient (Wildman–Crippen LogP) is 2.89. The summed E-state index contributed by atoms with van der Waals surface area (Å²) in [6, 6.07) is 0. The zero-order valence-electron chi connectivity index (χ0n) is 5.92. The van der Waals surface area contributed by atoms with Gasteiger partial charge in [0, 0.05) is 0 Å². The molecule has 0 rings (SSSR count). The van der Waals surface area contributed by atoms with Gasteiger partial charge in [0.05, 0.1) is 5.55 Å². The Morgan fingerprint density at radius 2 is 2.33 bits per heavy atom. The third-order valence-electron chi connectivity index (χ3n) is 1.20. The first-order valence-corrected chi connectivity index (χ1v) is 4.06. The van der Waals surface area contributed by atoms with Gasteiger partial charge in [0.15, 0.2) is 0 Å². The maximum atomic E-state index is 6.69. The Morgan fingerprint density at radius 1 is 1.67 bits per heavy atom. The van der Waals surface area contributed by atoms with Crippen molar-refractivity contribution in [1.82, 2.24) is 0 Å². The van der Waals surface area contributed by atoms with E-state index in [0.717, 1.165) is 0 Å². The lowest BCUT2D eigenvalue weighted by atomic mass is 10.1. The summed E-state index contributed by atoms with van der Waals surface area (Å²) in [5, 5.41) is 8.65. The predicted molar refractivity (Wildman–Crippen MR) is 45.0 cm³/mol. The normalized spacial score (nSPS) is 14.0. The summed E-state index contributed by atoms with van der Waals surface area (Å²) in [6.07, 6.45) is 3.30. The molecule has 0 radical (unpaired) electrons. The highest BCUT2D eigenvalue weighted by molar-refractivity contribution is 8.14. The van der Waals surface area contributed by atoms with E-state index in [4.69, 9.17) is 5.41 Å². The van der Waals surface area contributed by atoms with Gasteiger partial charge in [-0.05, 0) is 11.3 Å². The Balaban J connectivity index is 3.31. The van der Waals surface area contributed by atoms with E-state index in [1.165, 1.54) is 23.7 Å². The van der Waals surface area contributed by atoms with Crippen molar-refractivity contribution in [3.8, 4) is 0 Å². The first-order chi connectivity index (χ1) is 4.31. The third kappa shape index (κ3) is 5.63. The van der Waals surface area contributed by atoms with Crippen LogP contribution in [0, 0.1) is 11.3 Å². The fraction of sp³-hybridized carbons (Fsp3) is 0.571. The first-order valence-electron chi connectivity index (χ1n) is 3.12. The van der Waals surface area contributed by atoms with Crippen LogP contribution in [0.4, 0.5) is 0 Å². The van der Waals surface area contributed by atoms with E-state index < -0.39 is 0 Å². The average molecular weight is 143 g/mol. The standard InChI is InChI=1S/C7H13NS/c1-3-7(2)4-5-9-6-8/h4-8H,3H2,1-2H3/b5-4-,8-6?.